The van der Waals surface area contributed by atoms with E-state index >= 15 is 0 Å². The van der Waals surface area contributed by atoms with E-state index in [0.29, 0.717) is 21.4 Å². The van der Waals surface area contributed by atoms with E-state index in [9.17, 15) is 0 Å². The molecule has 0 saturated heterocycles. The lowest BCUT2D eigenvalue weighted by atomic mass is 10.1. The predicted octanol–water partition coefficient (Wildman–Crippen LogP) is 6.31. The lowest BCUT2D eigenvalue weighted by molar-refractivity contribution is 0.293. The Bertz CT molecular complexity index is 1370. The van der Waals surface area contributed by atoms with Crippen LogP contribution < -0.4 is 4.74 Å². The fourth-order valence-corrected chi connectivity index (χ4v) is 3.88. The monoisotopic (exact) mass is 432 g/mol. The summed E-state index contributed by atoms with van der Waals surface area (Å²) in [7, 11) is 0. The minimum absolute atomic E-state index is 0.252. The fraction of sp³-hybridized carbons (Fsp3) is 0.0435. The van der Waals surface area contributed by atoms with Gasteiger partial charge in [-0.2, -0.15) is 5.10 Å². The first-order valence-electron chi connectivity index (χ1n) is 9.42. The third-order valence-electron chi connectivity index (χ3n) is 4.89. The van der Waals surface area contributed by atoms with Crippen LogP contribution in [-0.2, 0) is 6.61 Å². The fourth-order valence-electron chi connectivity index (χ4n) is 3.51. The molecule has 0 spiro atoms. The maximum absolute atomic E-state index is 5.96. The van der Waals surface area contributed by atoms with Crippen molar-refractivity contribution in [2.45, 2.75) is 6.61 Å². The molecule has 30 heavy (non-hydrogen) atoms. The SMILES string of the molecule is S=c1[nH]nc(COc2ccc(Cl)cc2)n1-c1c(-c2ccccc2)[nH]c2ccccc12. The van der Waals surface area contributed by atoms with E-state index in [0.717, 1.165) is 27.8 Å². The summed E-state index contributed by atoms with van der Waals surface area (Å²) in [5.41, 5.74) is 4.02. The molecule has 0 fully saturated rings. The molecule has 2 heterocycles. The summed E-state index contributed by atoms with van der Waals surface area (Å²) in [6.45, 7) is 0.252. The molecule has 0 bridgehead atoms. The molecule has 148 valence electrons. The molecule has 2 aromatic heterocycles. The highest BCUT2D eigenvalue weighted by Gasteiger charge is 2.19. The Morgan fingerprint density at radius 2 is 1.67 bits per heavy atom. The third-order valence-corrected chi connectivity index (χ3v) is 5.41. The molecule has 0 aliphatic rings. The molecule has 5 rings (SSSR count). The number of rotatable bonds is 5. The van der Waals surface area contributed by atoms with Gasteiger partial charge in [-0.25, -0.2) is 0 Å². The second kappa shape index (κ2) is 7.82. The maximum Gasteiger partial charge on any atom is 0.200 e. The van der Waals surface area contributed by atoms with E-state index in [4.69, 9.17) is 28.6 Å². The maximum atomic E-state index is 5.96. The van der Waals surface area contributed by atoms with Gasteiger partial charge in [-0.1, -0.05) is 60.1 Å². The van der Waals surface area contributed by atoms with Crippen molar-refractivity contribution in [3.8, 4) is 22.7 Å². The topological polar surface area (TPSA) is 58.6 Å². The van der Waals surface area contributed by atoms with E-state index in [1.54, 1.807) is 12.1 Å². The van der Waals surface area contributed by atoms with Crippen LogP contribution in [0.25, 0.3) is 27.8 Å². The number of benzene rings is 3. The van der Waals surface area contributed by atoms with Gasteiger partial charge in [0.25, 0.3) is 0 Å². The van der Waals surface area contributed by atoms with E-state index in [-0.39, 0.29) is 6.61 Å². The van der Waals surface area contributed by atoms with Gasteiger partial charge < -0.3 is 9.72 Å². The van der Waals surface area contributed by atoms with Gasteiger partial charge in [0.05, 0.1) is 11.4 Å². The van der Waals surface area contributed by atoms with Gasteiger partial charge >= 0.3 is 0 Å². The van der Waals surface area contributed by atoms with Crippen molar-refractivity contribution in [1.82, 2.24) is 19.7 Å². The number of H-pyrrole nitrogens is 2. The van der Waals surface area contributed by atoms with Gasteiger partial charge in [0, 0.05) is 21.5 Å². The van der Waals surface area contributed by atoms with E-state index in [1.165, 1.54) is 0 Å². The van der Waals surface area contributed by atoms with Crippen molar-refractivity contribution in [1.29, 1.82) is 0 Å². The normalized spacial score (nSPS) is 11.1. The van der Waals surface area contributed by atoms with E-state index in [1.807, 2.05) is 47.0 Å². The van der Waals surface area contributed by atoms with Crippen molar-refractivity contribution < 1.29 is 4.74 Å². The second-order valence-electron chi connectivity index (χ2n) is 6.78. The summed E-state index contributed by atoms with van der Waals surface area (Å²) in [4.78, 5) is 3.54. The molecule has 0 unspecified atom stereocenters. The van der Waals surface area contributed by atoms with Gasteiger partial charge in [-0.15, -0.1) is 0 Å². The van der Waals surface area contributed by atoms with Crippen molar-refractivity contribution >= 4 is 34.7 Å². The zero-order valence-corrected chi connectivity index (χ0v) is 17.4. The van der Waals surface area contributed by atoms with Gasteiger partial charge in [0.1, 0.15) is 12.4 Å². The van der Waals surface area contributed by atoms with Crippen molar-refractivity contribution in [3.63, 3.8) is 0 Å². The summed E-state index contributed by atoms with van der Waals surface area (Å²) in [6.07, 6.45) is 0. The van der Waals surface area contributed by atoms with Crippen LogP contribution in [0.5, 0.6) is 5.75 Å². The number of halogens is 1. The zero-order valence-electron chi connectivity index (χ0n) is 15.8. The number of para-hydroxylation sites is 1. The number of ether oxygens (including phenoxy) is 1. The minimum atomic E-state index is 0.252. The predicted molar refractivity (Wildman–Crippen MR) is 122 cm³/mol. The van der Waals surface area contributed by atoms with Crippen molar-refractivity contribution in [2.75, 3.05) is 0 Å². The van der Waals surface area contributed by atoms with Gasteiger partial charge in [0.15, 0.2) is 10.6 Å². The number of hydrogen-bond acceptors (Lipinski definition) is 3. The molecule has 3 aromatic carbocycles. The first kappa shape index (κ1) is 18.7. The Morgan fingerprint density at radius 3 is 2.47 bits per heavy atom. The van der Waals surface area contributed by atoms with E-state index in [2.05, 4.69) is 39.4 Å². The summed E-state index contributed by atoms with van der Waals surface area (Å²) in [5, 5.41) is 9.06. The van der Waals surface area contributed by atoms with Gasteiger partial charge in [0.2, 0.25) is 0 Å². The number of hydrogen-bond donors (Lipinski definition) is 2. The van der Waals surface area contributed by atoms with Crippen LogP contribution in [-0.4, -0.2) is 19.7 Å². The highest BCUT2D eigenvalue weighted by Crippen LogP contribution is 2.34. The molecule has 0 saturated carbocycles. The molecule has 0 atom stereocenters. The van der Waals surface area contributed by atoms with Crippen molar-refractivity contribution in [2.24, 2.45) is 0 Å². The number of aromatic amines is 2. The smallest absolute Gasteiger partial charge is 0.200 e. The molecule has 5 aromatic rings. The van der Waals surface area contributed by atoms with Crippen molar-refractivity contribution in [3.05, 3.63) is 94.5 Å². The Morgan fingerprint density at radius 1 is 0.933 bits per heavy atom. The summed E-state index contributed by atoms with van der Waals surface area (Å²) >= 11 is 11.6. The average Bonchev–Trinajstić information content (AvgIpc) is 3.33. The number of nitrogens with zero attached hydrogens (tertiary/aromatic N) is 2. The Labute approximate surface area is 182 Å². The molecular weight excluding hydrogens is 416 g/mol. The van der Waals surface area contributed by atoms with E-state index < -0.39 is 0 Å². The van der Waals surface area contributed by atoms with Crippen LogP contribution in [0.2, 0.25) is 5.02 Å². The van der Waals surface area contributed by atoms with Crippen LogP contribution >= 0.6 is 23.8 Å². The standard InChI is InChI=1S/C23H17ClN4OS/c24-16-10-12-17(13-11-16)29-14-20-26-27-23(30)28(20)22-18-8-4-5-9-19(18)25-21(22)15-6-2-1-3-7-15/h1-13,25H,14H2,(H,27,30). The summed E-state index contributed by atoms with van der Waals surface area (Å²) in [6, 6.07) is 25.6. The number of fused-ring (bicyclic) bond motifs is 1. The Hall–Kier alpha value is -3.35. The lowest BCUT2D eigenvalue weighted by Gasteiger charge is -2.11. The molecule has 0 aliphatic heterocycles. The first-order valence-corrected chi connectivity index (χ1v) is 10.2. The molecule has 0 aliphatic carbocycles. The molecule has 5 nitrogen and oxygen atoms in total. The molecule has 7 heteroatoms. The highest BCUT2D eigenvalue weighted by molar-refractivity contribution is 7.71. The molecule has 0 radical (unpaired) electrons. The van der Waals surface area contributed by atoms with Crippen LogP contribution in [0.15, 0.2) is 78.9 Å². The quantitative estimate of drug-likeness (QED) is 0.320. The number of nitrogens with one attached hydrogen (secondary N) is 2. The van der Waals surface area contributed by atoms with Gasteiger partial charge in [-0.05, 0) is 42.5 Å². The second-order valence-corrected chi connectivity index (χ2v) is 7.61. The van der Waals surface area contributed by atoms with Crippen LogP contribution in [0.4, 0.5) is 0 Å². The average molecular weight is 433 g/mol. The minimum Gasteiger partial charge on any atom is -0.486 e. The van der Waals surface area contributed by atoms with Crippen LogP contribution in [0.3, 0.4) is 0 Å². The highest BCUT2D eigenvalue weighted by atomic mass is 35.5. The Kier molecular flexibility index (Phi) is 4.86. The largest absolute Gasteiger partial charge is 0.486 e. The van der Waals surface area contributed by atoms with Crippen LogP contribution in [0, 0.1) is 4.77 Å². The Balaban J connectivity index is 1.63. The van der Waals surface area contributed by atoms with Crippen LogP contribution in [0.1, 0.15) is 5.82 Å². The molecule has 2 N–H and O–H groups in total. The number of aromatic nitrogens is 4. The lowest BCUT2D eigenvalue weighted by Crippen LogP contribution is -2.06. The molecule has 0 amide bonds. The summed E-state index contributed by atoms with van der Waals surface area (Å²) < 4.78 is 8.38. The first-order chi connectivity index (χ1) is 14.7. The summed E-state index contributed by atoms with van der Waals surface area (Å²) in [5.74, 6) is 1.39. The van der Waals surface area contributed by atoms with Gasteiger partial charge in [-0.3, -0.25) is 9.67 Å². The third kappa shape index (κ3) is 3.40. The molecular formula is C23H17ClN4OS. The zero-order chi connectivity index (χ0) is 20.5.